The molecule has 4 heteroatoms. The zero-order valence-electron chi connectivity index (χ0n) is 13.7. The minimum Gasteiger partial charge on any atom is -0.492 e. The molecule has 4 nitrogen and oxygen atoms in total. The van der Waals surface area contributed by atoms with Crippen molar-refractivity contribution in [2.45, 2.75) is 33.0 Å². The molecule has 0 amide bonds. The first-order valence-electron chi connectivity index (χ1n) is 8.38. The second-order valence-corrected chi connectivity index (χ2v) is 6.38. The SMILES string of the molecule is Cc1cccc(C)c1OCCN1CCCC(C2OCCO2)C1. The summed E-state index contributed by atoms with van der Waals surface area (Å²) in [5.74, 6) is 1.55. The second-order valence-electron chi connectivity index (χ2n) is 6.38. The van der Waals surface area contributed by atoms with Crippen LogP contribution in [0.2, 0.25) is 0 Å². The smallest absolute Gasteiger partial charge is 0.161 e. The van der Waals surface area contributed by atoms with Crippen LogP contribution in [0.15, 0.2) is 18.2 Å². The van der Waals surface area contributed by atoms with Gasteiger partial charge < -0.3 is 14.2 Å². The Morgan fingerprint density at radius 2 is 1.91 bits per heavy atom. The Balaban J connectivity index is 1.47. The van der Waals surface area contributed by atoms with E-state index in [1.807, 2.05) is 0 Å². The van der Waals surface area contributed by atoms with Gasteiger partial charge in [0.2, 0.25) is 0 Å². The number of hydrogen-bond acceptors (Lipinski definition) is 4. The highest BCUT2D eigenvalue weighted by Crippen LogP contribution is 2.25. The van der Waals surface area contributed by atoms with Gasteiger partial charge in [0.1, 0.15) is 12.4 Å². The van der Waals surface area contributed by atoms with Crippen LogP contribution in [0, 0.1) is 19.8 Å². The van der Waals surface area contributed by atoms with Gasteiger partial charge in [0, 0.05) is 19.0 Å². The van der Waals surface area contributed by atoms with E-state index in [1.54, 1.807) is 0 Å². The second kappa shape index (κ2) is 7.44. The van der Waals surface area contributed by atoms with Crippen molar-refractivity contribution in [1.82, 2.24) is 4.90 Å². The maximum atomic E-state index is 6.03. The highest BCUT2D eigenvalue weighted by Gasteiger charge is 2.30. The van der Waals surface area contributed by atoms with E-state index in [0.717, 1.165) is 45.2 Å². The van der Waals surface area contributed by atoms with Crippen LogP contribution in [0.3, 0.4) is 0 Å². The Bertz CT molecular complexity index is 465. The molecule has 0 aromatic heterocycles. The summed E-state index contributed by atoms with van der Waals surface area (Å²) in [4.78, 5) is 2.48. The topological polar surface area (TPSA) is 30.9 Å². The summed E-state index contributed by atoms with van der Waals surface area (Å²) in [6.45, 7) is 9.62. The molecule has 2 aliphatic rings. The predicted octanol–water partition coefficient (Wildman–Crippen LogP) is 2.77. The molecule has 3 rings (SSSR count). The molecule has 0 radical (unpaired) electrons. The predicted molar refractivity (Wildman–Crippen MR) is 86.3 cm³/mol. The number of rotatable bonds is 5. The molecule has 2 heterocycles. The van der Waals surface area contributed by atoms with Crippen LogP contribution < -0.4 is 4.74 Å². The van der Waals surface area contributed by atoms with Gasteiger partial charge in [-0.1, -0.05) is 18.2 Å². The molecule has 0 bridgehead atoms. The first-order valence-corrected chi connectivity index (χ1v) is 8.38. The Hall–Kier alpha value is -1.10. The standard InChI is InChI=1S/C18H27NO3/c1-14-5-3-6-15(2)17(14)20-10-9-19-8-4-7-16(13-19)18-21-11-12-22-18/h3,5-6,16,18H,4,7-13H2,1-2H3. The van der Waals surface area contributed by atoms with E-state index in [4.69, 9.17) is 14.2 Å². The summed E-state index contributed by atoms with van der Waals surface area (Å²) in [7, 11) is 0. The van der Waals surface area contributed by atoms with Crippen LogP contribution in [-0.2, 0) is 9.47 Å². The maximum Gasteiger partial charge on any atom is 0.161 e. The summed E-state index contributed by atoms with van der Waals surface area (Å²) in [6, 6.07) is 6.29. The third-order valence-electron chi connectivity index (χ3n) is 4.64. The van der Waals surface area contributed by atoms with E-state index in [2.05, 4.69) is 36.9 Å². The Morgan fingerprint density at radius 1 is 1.18 bits per heavy atom. The third-order valence-corrected chi connectivity index (χ3v) is 4.64. The first kappa shape index (κ1) is 15.8. The average Bonchev–Trinajstić information content (AvgIpc) is 3.05. The molecular weight excluding hydrogens is 278 g/mol. The van der Waals surface area contributed by atoms with Crippen molar-refractivity contribution in [2.24, 2.45) is 5.92 Å². The van der Waals surface area contributed by atoms with Crippen LogP contribution in [0.5, 0.6) is 5.75 Å². The summed E-state index contributed by atoms with van der Waals surface area (Å²) >= 11 is 0. The van der Waals surface area contributed by atoms with Gasteiger partial charge >= 0.3 is 0 Å². The quantitative estimate of drug-likeness (QED) is 0.837. The van der Waals surface area contributed by atoms with Crippen molar-refractivity contribution in [3.8, 4) is 5.75 Å². The van der Waals surface area contributed by atoms with Crippen molar-refractivity contribution in [3.63, 3.8) is 0 Å². The van der Waals surface area contributed by atoms with Crippen molar-refractivity contribution in [1.29, 1.82) is 0 Å². The summed E-state index contributed by atoms with van der Waals surface area (Å²) < 4.78 is 17.4. The zero-order chi connectivity index (χ0) is 15.4. The lowest BCUT2D eigenvalue weighted by Gasteiger charge is -2.34. The minimum absolute atomic E-state index is 0.0160. The summed E-state index contributed by atoms with van der Waals surface area (Å²) in [6.07, 6.45) is 2.44. The monoisotopic (exact) mass is 305 g/mol. The van der Waals surface area contributed by atoms with Gasteiger partial charge in [-0.05, 0) is 44.4 Å². The molecule has 1 atom stereocenters. The summed E-state index contributed by atoms with van der Waals surface area (Å²) in [5, 5.41) is 0. The van der Waals surface area contributed by atoms with Crippen molar-refractivity contribution in [3.05, 3.63) is 29.3 Å². The van der Waals surface area contributed by atoms with Crippen LogP contribution >= 0.6 is 0 Å². The van der Waals surface area contributed by atoms with Gasteiger partial charge in [-0.15, -0.1) is 0 Å². The zero-order valence-corrected chi connectivity index (χ0v) is 13.7. The molecule has 0 aliphatic carbocycles. The molecule has 1 unspecified atom stereocenters. The Labute approximate surface area is 133 Å². The molecule has 1 aromatic rings. The molecular formula is C18H27NO3. The highest BCUT2D eigenvalue weighted by atomic mass is 16.7. The number of para-hydroxylation sites is 1. The maximum absolute atomic E-state index is 6.03. The normalized spacial score (nSPS) is 23.8. The molecule has 122 valence electrons. The average molecular weight is 305 g/mol. The van der Waals surface area contributed by atoms with Crippen LogP contribution in [0.25, 0.3) is 0 Å². The molecule has 2 saturated heterocycles. The highest BCUT2D eigenvalue weighted by molar-refractivity contribution is 5.39. The Morgan fingerprint density at radius 3 is 2.64 bits per heavy atom. The molecule has 22 heavy (non-hydrogen) atoms. The number of likely N-dealkylation sites (tertiary alicyclic amines) is 1. The van der Waals surface area contributed by atoms with E-state index < -0.39 is 0 Å². The molecule has 0 spiro atoms. The van der Waals surface area contributed by atoms with Crippen molar-refractivity contribution < 1.29 is 14.2 Å². The number of nitrogens with zero attached hydrogens (tertiary/aromatic N) is 1. The van der Waals surface area contributed by atoms with E-state index in [1.165, 1.54) is 24.0 Å². The van der Waals surface area contributed by atoms with Gasteiger partial charge in [0.25, 0.3) is 0 Å². The number of ether oxygens (including phenoxy) is 3. The van der Waals surface area contributed by atoms with E-state index in [9.17, 15) is 0 Å². The lowest BCUT2D eigenvalue weighted by atomic mass is 9.97. The molecule has 0 saturated carbocycles. The van der Waals surface area contributed by atoms with Gasteiger partial charge in [-0.25, -0.2) is 0 Å². The molecule has 1 aromatic carbocycles. The van der Waals surface area contributed by atoms with E-state index >= 15 is 0 Å². The van der Waals surface area contributed by atoms with E-state index in [-0.39, 0.29) is 6.29 Å². The van der Waals surface area contributed by atoms with Crippen LogP contribution in [0.1, 0.15) is 24.0 Å². The third kappa shape index (κ3) is 3.80. The van der Waals surface area contributed by atoms with Gasteiger partial charge in [0.05, 0.1) is 13.2 Å². The number of piperidine rings is 1. The Kier molecular flexibility index (Phi) is 5.34. The summed E-state index contributed by atoms with van der Waals surface area (Å²) in [5.41, 5.74) is 2.42. The molecule has 2 aliphatic heterocycles. The fraction of sp³-hybridized carbons (Fsp3) is 0.667. The van der Waals surface area contributed by atoms with Crippen molar-refractivity contribution >= 4 is 0 Å². The van der Waals surface area contributed by atoms with Crippen molar-refractivity contribution in [2.75, 3.05) is 39.5 Å². The van der Waals surface area contributed by atoms with E-state index in [0.29, 0.717) is 5.92 Å². The van der Waals surface area contributed by atoms with Crippen LogP contribution in [0.4, 0.5) is 0 Å². The molecule has 2 fully saturated rings. The fourth-order valence-corrected chi connectivity index (χ4v) is 3.47. The number of hydrogen-bond donors (Lipinski definition) is 0. The van der Waals surface area contributed by atoms with Crippen LogP contribution in [-0.4, -0.2) is 50.6 Å². The fourth-order valence-electron chi connectivity index (χ4n) is 3.47. The lowest BCUT2D eigenvalue weighted by Crippen LogP contribution is -2.42. The number of aryl methyl sites for hydroxylation is 2. The largest absolute Gasteiger partial charge is 0.492 e. The van der Waals surface area contributed by atoms with Gasteiger partial charge in [-0.3, -0.25) is 4.90 Å². The van der Waals surface area contributed by atoms with Gasteiger partial charge in [0.15, 0.2) is 6.29 Å². The first-order chi connectivity index (χ1) is 10.7. The lowest BCUT2D eigenvalue weighted by molar-refractivity contribution is -0.100. The molecule has 0 N–H and O–H groups in total. The number of benzene rings is 1. The minimum atomic E-state index is 0.0160. The van der Waals surface area contributed by atoms with Gasteiger partial charge in [-0.2, -0.15) is 0 Å².